The van der Waals surface area contributed by atoms with Crippen LogP contribution in [0.5, 0.6) is 0 Å². The molecule has 14 heteroatoms. The lowest BCUT2D eigenvalue weighted by atomic mass is 10.0. The van der Waals surface area contributed by atoms with Crippen molar-refractivity contribution in [3.63, 3.8) is 0 Å². The number of hydrogen-bond acceptors (Lipinski definition) is 10. The fraction of sp³-hybridized carbons (Fsp3) is 0.381. The molecule has 56 heavy (non-hydrogen) atoms. The van der Waals surface area contributed by atoms with Crippen molar-refractivity contribution in [1.82, 2.24) is 39.6 Å². The van der Waals surface area contributed by atoms with E-state index in [9.17, 15) is 18.8 Å². The van der Waals surface area contributed by atoms with E-state index in [1.807, 2.05) is 53.2 Å². The third-order valence-electron chi connectivity index (χ3n) is 12.2. The second kappa shape index (κ2) is 14.1. The highest BCUT2D eigenvalue weighted by Gasteiger charge is 2.44. The largest absolute Gasteiger partial charge is 0.354 e. The summed E-state index contributed by atoms with van der Waals surface area (Å²) < 4.78 is 16.0. The van der Waals surface area contributed by atoms with Crippen LogP contribution < -0.4 is 15.1 Å². The molecule has 0 aliphatic carbocycles. The molecule has 0 saturated carbocycles. The highest BCUT2D eigenvalue weighted by atomic mass is 19.1. The molecule has 2 aromatic carbocycles. The van der Waals surface area contributed by atoms with Crippen LogP contribution in [0.1, 0.15) is 63.6 Å². The van der Waals surface area contributed by atoms with Gasteiger partial charge in [-0.3, -0.25) is 29.1 Å². The highest BCUT2D eigenvalue weighted by Crippen LogP contribution is 2.36. The summed E-state index contributed by atoms with van der Waals surface area (Å²) in [5.41, 5.74) is 5.13. The molecule has 10 rings (SSSR count). The SMILES string of the molecule is O=C1NCCCC1N1C(=O)c2ccc(CN3CC(N4CCN(c5cccc(-c6cnc7ccc(N8CCC[C@@H]8c8cccc(F)c8)nn67)n5)CC4)C3)cc2C1=O. The van der Waals surface area contributed by atoms with E-state index in [4.69, 9.17) is 10.1 Å². The molecule has 5 aliphatic heterocycles. The number of nitrogens with one attached hydrogen (secondary N) is 1. The number of aromatic nitrogens is 4. The molecule has 3 amide bonds. The van der Waals surface area contributed by atoms with Crippen molar-refractivity contribution in [3.8, 4) is 11.4 Å². The molecule has 4 saturated heterocycles. The minimum Gasteiger partial charge on any atom is -0.354 e. The maximum Gasteiger partial charge on any atom is 0.262 e. The summed E-state index contributed by atoms with van der Waals surface area (Å²) in [4.78, 5) is 59.2. The number of piperazine rings is 1. The zero-order chi connectivity index (χ0) is 37.9. The number of rotatable bonds is 8. The van der Waals surface area contributed by atoms with Gasteiger partial charge in [0.1, 0.15) is 29.2 Å². The highest BCUT2D eigenvalue weighted by molar-refractivity contribution is 6.23. The van der Waals surface area contributed by atoms with Crippen molar-refractivity contribution in [3.05, 3.63) is 107 Å². The van der Waals surface area contributed by atoms with E-state index in [1.165, 1.54) is 6.07 Å². The Morgan fingerprint density at radius 1 is 0.786 bits per heavy atom. The minimum absolute atomic E-state index is 0.0702. The Hall–Kier alpha value is -5.73. The van der Waals surface area contributed by atoms with Crippen LogP contribution in [-0.4, -0.2) is 116 Å². The predicted molar refractivity (Wildman–Crippen MR) is 208 cm³/mol. The summed E-state index contributed by atoms with van der Waals surface area (Å²) >= 11 is 0. The number of carbonyl (C=O) groups is 3. The van der Waals surface area contributed by atoms with E-state index in [1.54, 1.807) is 18.2 Å². The molecule has 286 valence electrons. The Morgan fingerprint density at radius 3 is 2.45 bits per heavy atom. The standard InChI is InChI=1S/C42H43FN10O3/c43-29-6-1-5-28(22-29)34-9-4-16-51(34)39-14-13-37-45-23-36(53(37)47-39)33-7-2-10-38(46-33)50-19-17-49(18-20-50)30-25-48(26-30)24-27-11-12-31-32(21-27)42(56)52(41(31)55)35-8-3-15-44-40(35)54/h1-2,5-7,10-14,21-23,30,34-35H,3-4,8-9,15-20,24-26H2,(H,44,54)/t34-,35?/m1/s1. The van der Waals surface area contributed by atoms with Gasteiger partial charge in [0.05, 0.1) is 29.1 Å². The normalized spacial score (nSPS) is 22.2. The molecule has 8 heterocycles. The van der Waals surface area contributed by atoms with E-state index in [-0.39, 0.29) is 29.6 Å². The number of anilines is 2. The molecule has 13 nitrogen and oxygen atoms in total. The van der Waals surface area contributed by atoms with Gasteiger partial charge >= 0.3 is 0 Å². The number of carbonyl (C=O) groups excluding carboxylic acids is 3. The summed E-state index contributed by atoms with van der Waals surface area (Å²) in [6.07, 6.45) is 5.04. The molecule has 5 aromatic rings. The molecule has 0 radical (unpaired) electrons. The van der Waals surface area contributed by atoms with Crippen molar-refractivity contribution in [2.75, 3.05) is 62.2 Å². The second-order valence-corrected chi connectivity index (χ2v) is 15.6. The molecule has 4 fully saturated rings. The van der Waals surface area contributed by atoms with Crippen molar-refractivity contribution >= 4 is 35.0 Å². The lowest BCUT2D eigenvalue weighted by Gasteiger charge is -2.48. The summed E-state index contributed by atoms with van der Waals surface area (Å²) in [6, 6.07) is 22.3. The van der Waals surface area contributed by atoms with Crippen LogP contribution in [-0.2, 0) is 11.3 Å². The van der Waals surface area contributed by atoms with Crippen LogP contribution in [0.2, 0.25) is 0 Å². The number of imidazole rings is 1. The fourth-order valence-electron chi connectivity index (χ4n) is 9.20. The molecule has 3 aromatic heterocycles. The van der Waals surface area contributed by atoms with Gasteiger partial charge in [-0.2, -0.15) is 0 Å². The van der Waals surface area contributed by atoms with Crippen LogP contribution in [0.4, 0.5) is 16.0 Å². The number of hydrogen-bond donors (Lipinski definition) is 1. The Bertz CT molecular complexity index is 2350. The van der Waals surface area contributed by atoms with Gasteiger partial charge < -0.3 is 15.1 Å². The van der Waals surface area contributed by atoms with Gasteiger partial charge in [-0.05, 0) is 85.3 Å². The fourth-order valence-corrected chi connectivity index (χ4v) is 9.20. The van der Waals surface area contributed by atoms with E-state index in [2.05, 4.69) is 36.0 Å². The van der Waals surface area contributed by atoms with Crippen LogP contribution in [0.3, 0.4) is 0 Å². The van der Waals surface area contributed by atoms with Gasteiger partial charge in [0.2, 0.25) is 5.91 Å². The predicted octanol–water partition coefficient (Wildman–Crippen LogP) is 4.15. The first-order valence-electron chi connectivity index (χ1n) is 19.7. The van der Waals surface area contributed by atoms with Gasteiger partial charge in [0.25, 0.3) is 11.8 Å². The van der Waals surface area contributed by atoms with Crippen molar-refractivity contribution in [1.29, 1.82) is 0 Å². The number of halogens is 1. The quantitative estimate of drug-likeness (QED) is 0.231. The molecule has 1 N–H and O–H groups in total. The Labute approximate surface area is 323 Å². The average molecular weight is 755 g/mol. The second-order valence-electron chi connectivity index (χ2n) is 15.6. The number of amides is 3. The summed E-state index contributed by atoms with van der Waals surface area (Å²) in [6.45, 7) is 7.63. The van der Waals surface area contributed by atoms with Crippen LogP contribution >= 0.6 is 0 Å². The number of piperidine rings is 1. The summed E-state index contributed by atoms with van der Waals surface area (Å²) in [7, 11) is 0. The molecule has 1 unspecified atom stereocenters. The van der Waals surface area contributed by atoms with E-state index in [0.717, 1.165) is 110 Å². The van der Waals surface area contributed by atoms with Crippen LogP contribution in [0.15, 0.2) is 79.0 Å². The number of nitrogens with zero attached hydrogens (tertiary/aromatic N) is 9. The number of pyridine rings is 1. The van der Waals surface area contributed by atoms with E-state index in [0.29, 0.717) is 36.7 Å². The number of benzene rings is 2. The number of imide groups is 1. The number of fused-ring (bicyclic) bond motifs is 2. The van der Waals surface area contributed by atoms with Gasteiger partial charge in [-0.15, -0.1) is 5.10 Å². The average Bonchev–Trinajstić information content (AvgIpc) is 3.93. The first-order valence-corrected chi connectivity index (χ1v) is 19.7. The van der Waals surface area contributed by atoms with Crippen LogP contribution in [0, 0.1) is 5.82 Å². The van der Waals surface area contributed by atoms with Crippen molar-refractivity contribution in [2.45, 2.75) is 50.4 Å². The molecule has 0 bridgehead atoms. The zero-order valence-electron chi connectivity index (χ0n) is 31.1. The maximum absolute atomic E-state index is 14.1. The molecule has 5 aliphatic rings. The third-order valence-corrected chi connectivity index (χ3v) is 12.2. The molecular formula is C42H43FN10O3. The van der Waals surface area contributed by atoms with Gasteiger partial charge in [0.15, 0.2) is 5.65 Å². The smallest absolute Gasteiger partial charge is 0.262 e. The first kappa shape index (κ1) is 34.7. The lowest BCUT2D eigenvalue weighted by Crippen LogP contribution is -2.62. The summed E-state index contributed by atoms with van der Waals surface area (Å²) in [5, 5.41) is 7.82. The zero-order valence-corrected chi connectivity index (χ0v) is 31.1. The Morgan fingerprint density at radius 2 is 1.61 bits per heavy atom. The van der Waals surface area contributed by atoms with Crippen molar-refractivity contribution in [2.24, 2.45) is 0 Å². The minimum atomic E-state index is -0.733. The van der Waals surface area contributed by atoms with E-state index >= 15 is 0 Å². The first-order chi connectivity index (χ1) is 27.4. The number of likely N-dealkylation sites (tertiary alicyclic amines) is 1. The molecule has 2 atom stereocenters. The van der Waals surface area contributed by atoms with Crippen LogP contribution in [0.25, 0.3) is 17.0 Å². The lowest BCUT2D eigenvalue weighted by molar-refractivity contribution is -0.126. The Balaban J connectivity index is 0.760. The van der Waals surface area contributed by atoms with Gasteiger partial charge in [-0.25, -0.2) is 18.9 Å². The molecule has 0 spiro atoms. The topological polar surface area (TPSA) is 123 Å². The molecular weight excluding hydrogens is 712 g/mol. The monoisotopic (exact) mass is 754 g/mol. The third kappa shape index (κ3) is 6.16. The maximum atomic E-state index is 14.1. The Kier molecular flexibility index (Phi) is 8.74. The van der Waals surface area contributed by atoms with Gasteiger partial charge in [0, 0.05) is 64.9 Å². The van der Waals surface area contributed by atoms with Gasteiger partial charge in [-0.1, -0.05) is 24.3 Å². The summed E-state index contributed by atoms with van der Waals surface area (Å²) in [5.74, 6) is 0.548. The van der Waals surface area contributed by atoms with Crippen molar-refractivity contribution < 1.29 is 18.8 Å². The van der Waals surface area contributed by atoms with E-state index < -0.39 is 6.04 Å².